The lowest BCUT2D eigenvalue weighted by atomic mass is 10.2. The van der Waals surface area contributed by atoms with Gasteiger partial charge in [-0.3, -0.25) is 4.79 Å². The molecule has 0 heterocycles. The smallest absolute Gasteiger partial charge is 0.267 e. The number of carbonyl (C=O) groups excluding carboxylic acids is 1. The minimum absolute atomic E-state index is 0.0724. The molecule has 2 rings (SSSR count). The van der Waals surface area contributed by atoms with Gasteiger partial charge in [-0.25, -0.2) is 0 Å². The van der Waals surface area contributed by atoms with Crippen LogP contribution in [0.15, 0.2) is 54.6 Å². The molecule has 1 atom stereocenters. The van der Waals surface area contributed by atoms with Crippen molar-refractivity contribution in [1.29, 1.82) is 0 Å². The summed E-state index contributed by atoms with van der Waals surface area (Å²) in [5, 5.41) is 0. The van der Waals surface area contributed by atoms with E-state index in [1.54, 1.807) is 18.9 Å². The molecule has 104 valence electrons. The van der Waals surface area contributed by atoms with Gasteiger partial charge in [-0.15, -0.1) is 0 Å². The zero-order chi connectivity index (χ0) is 14.5. The van der Waals surface area contributed by atoms with Gasteiger partial charge in [0.1, 0.15) is 5.75 Å². The highest BCUT2D eigenvalue weighted by molar-refractivity contribution is 5.95. The number of para-hydroxylation sites is 1. The highest BCUT2D eigenvalue weighted by Crippen LogP contribution is 2.16. The quantitative estimate of drug-likeness (QED) is 0.851. The maximum absolute atomic E-state index is 12.3. The van der Waals surface area contributed by atoms with Crippen LogP contribution in [0.3, 0.4) is 0 Å². The SMILES string of the molecule is Cc1ccc(OC(C)C(=O)N(C)c2ccccc2)cc1. The fourth-order valence-corrected chi connectivity index (χ4v) is 1.92. The third kappa shape index (κ3) is 3.38. The molecule has 0 saturated carbocycles. The Morgan fingerprint density at radius 3 is 2.25 bits per heavy atom. The van der Waals surface area contributed by atoms with Crippen molar-refractivity contribution >= 4 is 11.6 Å². The average Bonchev–Trinajstić information content (AvgIpc) is 2.49. The van der Waals surface area contributed by atoms with Crippen molar-refractivity contribution in [2.45, 2.75) is 20.0 Å². The lowest BCUT2D eigenvalue weighted by molar-refractivity contribution is -0.124. The molecule has 0 aliphatic heterocycles. The number of hydrogen-bond acceptors (Lipinski definition) is 2. The van der Waals surface area contributed by atoms with Crippen LogP contribution >= 0.6 is 0 Å². The van der Waals surface area contributed by atoms with E-state index in [1.807, 2.05) is 61.5 Å². The standard InChI is InChI=1S/C17H19NO2/c1-13-9-11-16(12-10-13)20-14(2)17(19)18(3)15-7-5-4-6-8-15/h4-12,14H,1-3H3. The van der Waals surface area contributed by atoms with Crippen LogP contribution in [0.25, 0.3) is 0 Å². The molecule has 3 heteroatoms. The topological polar surface area (TPSA) is 29.5 Å². The molecule has 0 aliphatic rings. The number of likely N-dealkylation sites (N-methyl/N-ethyl adjacent to an activating group) is 1. The van der Waals surface area contributed by atoms with Gasteiger partial charge in [-0.2, -0.15) is 0 Å². The summed E-state index contributed by atoms with van der Waals surface area (Å²) < 4.78 is 5.68. The molecule has 2 aromatic carbocycles. The Bertz CT molecular complexity index is 563. The molecule has 20 heavy (non-hydrogen) atoms. The van der Waals surface area contributed by atoms with Gasteiger partial charge in [0.15, 0.2) is 6.10 Å². The Balaban J connectivity index is 2.03. The van der Waals surface area contributed by atoms with Crippen molar-refractivity contribution < 1.29 is 9.53 Å². The number of rotatable bonds is 4. The maximum atomic E-state index is 12.3. The van der Waals surface area contributed by atoms with Gasteiger partial charge in [-0.05, 0) is 38.1 Å². The third-order valence-electron chi connectivity index (χ3n) is 3.16. The number of amides is 1. The Morgan fingerprint density at radius 2 is 1.65 bits per heavy atom. The summed E-state index contributed by atoms with van der Waals surface area (Å²) in [5.74, 6) is 0.634. The van der Waals surface area contributed by atoms with E-state index >= 15 is 0 Å². The van der Waals surface area contributed by atoms with Gasteiger partial charge >= 0.3 is 0 Å². The number of aryl methyl sites for hydroxylation is 1. The van der Waals surface area contributed by atoms with Gasteiger partial charge in [0.25, 0.3) is 5.91 Å². The minimum Gasteiger partial charge on any atom is -0.481 e. The van der Waals surface area contributed by atoms with Crippen LogP contribution in [0.4, 0.5) is 5.69 Å². The molecule has 0 radical (unpaired) electrons. The lowest BCUT2D eigenvalue weighted by Crippen LogP contribution is -2.37. The fourth-order valence-electron chi connectivity index (χ4n) is 1.92. The molecule has 3 nitrogen and oxygen atoms in total. The van der Waals surface area contributed by atoms with Crippen molar-refractivity contribution in [1.82, 2.24) is 0 Å². The summed E-state index contributed by atoms with van der Waals surface area (Å²) in [7, 11) is 1.76. The summed E-state index contributed by atoms with van der Waals surface area (Å²) in [6, 6.07) is 17.2. The molecule has 0 N–H and O–H groups in total. The molecule has 0 spiro atoms. The molecular weight excluding hydrogens is 250 g/mol. The first kappa shape index (κ1) is 14.1. The van der Waals surface area contributed by atoms with E-state index in [1.165, 1.54) is 0 Å². The van der Waals surface area contributed by atoms with Gasteiger partial charge in [0, 0.05) is 12.7 Å². The zero-order valence-corrected chi connectivity index (χ0v) is 12.0. The third-order valence-corrected chi connectivity index (χ3v) is 3.16. The van der Waals surface area contributed by atoms with E-state index in [2.05, 4.69) is 0 Å². The number of carbonyl (C=O) groups is 1. The van der Waals surface area contributed by atoms with Crippen molar-refractivity contribution in [2.24, 2.45) is 0 Å². The predicted octanol–water partition coefficient (Wildman–Crippen LogP) is 3.43. The normalized spacial score (nSPS) is 11.8. The van der Waals surface area contributed by atoms with Crippen LogP contribution in [0.5, 0.6) is 5.75 Å². The minimum atomic E-state index is -0.525. The van der Waals surface area contributed by atoms with Crippen LogP contribution in [0.1, 0.15) is 12.5 Å². The van der Waals surface area contributed by atoms with Crippen LogP contribution in [-0.2, 0) is 4.79 Å². The number of hydrogen-bond donors (Lipinski definition) is 0. The molecule has 1 unspecified atom stereocenters. The molecular formula is C17H19NO2. The Kier molecular flexibility index (Phi) is 4.41. The van der Waals surface area contributed by atoms with E-state index in [9.17, 15) is 4.79 Å². The molecule has 0 bridgehead atoms. The number of ether oxygens (including phenoxy) is 1. The highest BCUT2D eigenvalue weighted by Gasteiger charge is 2.20. The number of nitrogens with zero attached hydrogens (tertiary/aromatic N) is 1. The van der Waals surface area contributed by atoms with Crippen molar-refractivity contribution in [3.63, 3.8) is 0 Å². The largest absolute Gasteiger partial charge is 0.481 e. The second-order valence-electron chi connectivity index (χ2n) is 4.81. The lowest BCUT2D eigenvalue weighted by Gasteiger charge is -2.22. The van der Waals surface area contributed by atoms with E-state index < -0.39 is 6.10 Å². The van der Waals surface area contributed by atoms with E-state index in [-0.39, 0.29) is 5.91 Å². The maximum Gasteiger partial charge on any atom is 0.267 e. The first-order valence-corrected chi connectivity index (χ1v) is 6.64. The van der Waals surface area contributed by atoms with Gasteiger partial charge in [0.05, 0.1) is 0 Å². The first-order valence-electron chi connectivity index (χ1n) is 6.64. The van der Waals surface area contributed by atoms with Gasteiger partial charge < -0.3 is 9.64 Å². The Labute approximate surface area is 119 Å². The van der Waals surface area contributed by atoms with Gasteiger partial charge in [0.2, 0.25) is 0 Å². The molecule has 0 saturated heterocycles. The average molecular weight is 269 g/mol. The molecule has 1 amide bonds. The van der Waals surface area contributed by atoms with Gasteiger partial charge in [-0.1, -0.05) is 35.9 Å². The molecule has 0 aliphatic carbocycles. The molecule has 2 aromatic rings. The van der Waals surface area contributed by atoms with E-state index in [4.69, 9.17) is 4.74 Å². The monoisotopic (exact) mass is 269 g/mol. The highest BCUT2D eigenvalue weighted by atomic mass is 16.5. The zero-order valence-electron chi connectivity index (χ0n) is 12.0. The van der Waals surface area contributed by atoms with Crippen LogP contribution in [0, 0.1) is 6.92 Å². The second kappa shape index (κ2) is 6.24. The van der Waals surface area contributed by atoms with Crippen LogP contribution in [-0.4, -0.2) is 19.1 Å². The molecule has 0 aromatic heterocycles. The summed E-state index contributed by atoms with van der Waals surface area (Å²) in [6.07, 6.45) is -0.525. The number of anilines is 1. The predicted molar refractivity (Wildman–Crippen MR) is 81.1 cm³/mol. The van der Waals surface area contributed by atoms with E-state index in [0.717, 1.165) is 11.3 Å². The van der Waals surface area contributed by atoms with Crippen molar-refractivity contribution in [2.75, 3.05) is 11.9 Å². The number of benzene rings is 2. The summed E-state index contributed by atoms with van der Waals surface area (Å²) in [5.41, 5.74) is 2.02. The summed E-state index contributed by atoms with van der Waals surface area (Å²) >= 11 is 0. The Morgan fingerprint density at radius 1 is 1.05 bits per heavy atom. The van der Waals surface area contributed by atoms with Crippen LogP contribution in [0.2, 0.25) is 0 Å². The summed E-state index contributed by atoms with van der Waals surface area (Å²) in [6.45, 7) is 3.78. The second-order valence-corrected chi connectivity index (χ2v) is 4.81. The van der Waals surface area contributed by atoms with Crippen molar-refractivity contribution in [3.05, 3.63) is 60.2 Å². The van der Waals surface area contributed by atoms with E-state index in [0.29, 0.717) is 5.75 Å². The molecule has 0 fully saturated rings. The first-order chi connectivity index (χ1) is 9.58. The fraction of sp³-hybridized carbons (Fsp3) is 0.235. The van der Waals surface area contributed by atoms with Crippen LogP contribution < -0.4 is 9.64 Å². The Hall–Kier alpha value is -2.29. The summed E-state index contributed by atoms with van der Waals surface area (Å²) in [4.78, 5) is 13.9. The van der Waals surface area contributed by atoms with Crippen molar-refractivity contribution in [3.8, 4) is 5.75 Å².